The zero-order valence-corrected chi connectivity index (χ0v) is 14.3. The quantitative estimate of drug-likeness (QED) is 0.828. The monoisotopic (exact) mass is 370 g/mol. The van der Waals surface area contributed by atoms with E-state index < -0.39 is 0 Å². The lowest BCUT2D eigenvalue weighted by molar-refractivity contribution is -0.134. The Kier molecular flexibility index (Phi) is 5.70. The first-order valence-corrected chi connectivity index (χ1v) is 8.65. The number of carbonyl (C=O) groups is 2. The molecule has 1 aromatic carbocycles. The Bertz CT molecular complexity index is 513. The summed E-state index contributed by atoms with van der Waals surface area (Å²) in [5.41, 5.74) is 5.31. The van der Waals surface area contributed by atoms with Crippen LogP contribution in [0.3, 0.4) is 0 Å². The van der Waals surface area contributed by atoms with Crippen molar-refractivity contribution >= 4 is 39.5 Å². The first-order valence-electron chi connectivity index (χ1n) is 6.97. The average Bonchev–Trinajstić information content (AvgIpc) is 2.49. The number of likely N-dealkylation sites (tertiary alicyclic amines) is 1. The molecule has 0 aliphatic carbocycles. The molecule has 1 aromatic rings. The van der Waals surface area contributed by atoms with Gasteiger partial charge in [-0.3, -0.25) is 9.59 Å². The molecule has 0 spiro atoms. The topological polar surface area (TPSA) is 63.4 Å². The fraction of sp³-hybridized carbons (Fsp3) is 0.467. The second-order valence-electron chi connectivity index (χ2n) is 5.22. The number of nitrogens with zero attached hydrogens (tertiary/aromatic N) is 1. The van der Waals surface area contributed by atoms with Crippen molar-refractivity contribution in [2.45, 2.75) is 29.9 Å². The van der Waals surface area contributed by atoms with Crippen LogP contribution in [0.15, 0.2) is 33.6 Å². The second-order valence-corrected chi connectivity index (χ2v) is 7.55. The van der Waals surface area contributed by atoms with Gasteiger partial charge in [-0.2, -0.15) is 0 Å². The predicted molar refractivity (Wildman–Crippen MR) is 88.0 cm³/mol. The molecule has 1 saturated heterocycles. The first-order chi connectivity index (χ1) is 9.97. The summed E-state index contributed by atoms with van der Waals surface area (Å²) in [6, 6.07) is 7.94. The smallest absolute Gasteiger partial charge is 0.235 e. The summed E-state index contributed by atoms with van der Waals surface area (Å²) in [5.74, 6) is -0.200. The molecule has 1 unspecified atom stereocenters. The van der Waals surface area contributed by atoms with E-state index in [0.29, 0.717) is 25.9 Å². The van der Waals surface area contributed by atoms with Crippen molar-refractivity contribution in [3.8, 4) is 0 Å². The summed E-state index contributed by atoms with van der Waals surface area (Å²) < 4.78 is 1.03. The molecule has 1 heterocycles. The van der Waals surface area contributed by atoms with Gasteiger partial charge in [0.1, 0.15) is 0 Å². The number of hydrogen-bond acceptors (Lipinski definition) is 3. The zero-order chi connectivity index (χ0) is 15.4. The SMILES string of the molecule is CC(Sc1ccc(Br)cc1)C(=O)N1CCC(C(N)=O)CC1. The van der Waals surface area contributed by atoms with Crippen LogP contribution in [0.1, 0.15) is 19.8 Å². The number of primary amides is 1. The van der Waals surface area contributed by atoms with E-state index in [0.717, 1.165) is 9.37 Å². The number of thioether (sulfide) groups is 1. The van der Waals surface area contributed by atoms with Crippen molar-refractivity contribution in [3.63, 3.8) is 0 Å². The summed E-state index contributed by atoms with van der Waals surface area (Å²) in [4.78, 5) is 26.5. The molecule has 2 N–H and O–H groups in total. The lowest BCUT2D eigenvalue weighted by Gasteiger charge is -2.32. The van der Waals surface area contributed by atoms with Crippen LogP contribution < -0.4 is 5.73 Å². The highest BCUT2D eigenvalue weighted by Gasteiger charge is 2.28. The molecule has 0 radical (unpaired) electrons. The number of carbonyl (C=O) groups excluding carboxylic acids is 2. The molecule has 1 aliphatic rings. The number of hydrogen-bond donors (Lipinski definition) is 1. The standard InChI is InChI=1S/C15H19BrN2O2S/c1-10(21-13-4-2-12(16)3-5-13)15(20)18-8-6-11(7-9-18)14(17)19/h2-5,10-11H,6-9H2,1H3,(H2,17,19). The van der Waals surface area contributed by atoms with Crippen molar-refractivity contribution in [2.24, 2.45) is 11.7 Å². The predicted octanol–water partition coefficient (Wildman–Crippen LogP) is 2.65. The Hall–Kier alpha value is -1.01. The molecule has 1 atom stereocenters. The van der Waals surface area contributed by atoms with Gasteiger partial charge in [-0.05, 0) is 44.0 Å². The minimum Gasteiger partial charge on any atom is -0.369 e. The highest BCUT2D eigenvalue weighted by Crippen LogP contribution is 2.27. The molecule has 0 aromatic heterocycles. The van der Waals surface area contributed by atoms with Gasteiger partial charge in [0, 0.05) is 28.4 Å². The van der Waals surface area contributed by atoms with Crippen molar-refractivity contribution in [2.75, 3.05) is 13.1 Å². The van der Waals surface area contributed by atoms with E-state index in [4.69, 9.17) is 5.73 Å². The van der Waals surface area contributed by atoms with Crippen LogP contribution in [0.4, 0.5) is 0 Å². The third-order valence-electron chi connectivity index (χ3n) is 3.68. The van der Waals surface area contributed by atoms with Crippen LogP contribution in [0, 0.1) is 5.92 Å². The second kappa shape index (κ2) is 7.31. The molecule has 21 heavy (non-hydrogen) atoms. The average molecular weight is 371 g/mol. The lowest BCUT2D eigenvalue weighted by atomic mass is 9.96. The summed E-state index contributed by atoms with van der Waals surface area (Å²) in [7, 11) is 0. The van der Waals surface area contributed by atoms with Gasteiger partial charge in [0.25, 0.3) is 0 Å². The van der Waals surface area contributed by atoms with Gasteiger partial charge in [0.2, 0.25) is 11.8 Å². The van der Waals surface area contributed by atoms with Gasteiger partial charge in [-0.15, -0.1) is 11.8 Å². The Balaban J connectivity index is 1.88. The number of nitrogens with two attached hydrogens (primary N) is 1. The summed E-state index contributed by atoms with van der Waals surface area (Å²) in [6.45, 7) is 3.17. The fourth-order valence-corrected chi connectivity index (χ4v) is 3.62. The van der Waals surface area contributed by atoms with E-state index in [1.807, 2.05) is 36.1 Å². The Labute approximate surface area is 137 Å². The zero-order valence-electron chi connectivity index (χ0n) is 11.9. The van der Waals surface area contributed by atoms with Crippen molar-refractivity contribution in [1.29, 1.82) is 0 Å². The third-order valence-corrected chi connectivity index (χ3v) is 5.31. The maximum Gasteiger partial charge on any atom is 0.235 e. The summed E-state index contributed by atoms with van der Waals surface area (Å²) >= 11 is 4.96. The molecule has 114 valence electrons. The molecular weight excluding hydrogens is 352 g/mol. The Morgan fingerprint density at radius 1 is 1.29 bits per heavy atom. The van der Waals surface area contributed by atoms with Gasteiger partial charge in [-0.1, -0.05) is 15.9 Å². The number of amides is 2. The van der Waals surface area contributed by atoms with Gasteiger partial charge < -0.3 is 10.6 Å². The molecule has 6 heteroatoms. The first kappa shape index (κ1) is 16.4. The van der Waals surface area contributed by atoms with Crippen LogP contribution in [0.25, 0.3) is 0 Å². The van der Waals surface area contributed by atoms with E-state index in [2.05, 4.69) is 15.9 Å². The maximum absolute atomic E-state index is 12.4. The van der Waals surface area contributed by atoms with Crippen LogP contribution in [0.2, 0.25) is 0 Å². The third kappa shape index (κ3) is 4.48. The molecule has 0 saturated carbocycles. The minimum atomic E-state index is -0.251. The van der Waals surface area contributed by atoms with Crippen molar-refractivity contribution in [3.05, 3.63) is 28.7 Å². The van der Waals surface area contributed by atoms with E-state index in [9.17, 15) is 9.59 Å². The molecule has 2 amide bonds. The van der Waals surface area contributed by atoms with Crippen LogP contribution in [-0.4, -0.2) is 35.1 Å². The minimum absolute atomic E-state index is 0.0801. The van der Waals surface area contributed by atoms with Crippen LogP contribution in [-0.2, 0) is 9.59 Å². The van der Waals surface area contributed by atoms with Crippen LogP contribution in [0.5, 0.6) is 0 Å². The number of piperidine rings is 1. The van der Waals surface area contributed by atoms with Gasteiger partial charge in [0.15, 0.2) is 0 Å². The van der Waals surface area contributed by atoms with E-state index >= 15 is 0 Å². The summed E-state index contributed by atoms with van der Waals surface area (Å²) in [5, 5.41) is -0.128. The Morgan fingerprint density at radius 3 is 2.38 bits per heavy atom. The van der Waals surface area contributed by atoms with E-state index in [1.165, 1.54) is 0 Å². The molecule has 2 rings (SSSR count). The highest BCUT2D eigenvalue weighted by molar-refractivity contribution is 9.10. The van der Waals surface area contributed by atoms with E-state index in [1.54, 1.807) is 11.8 Å². The molecular formula is C15H19BrN2O2S. The van der Waals surface area contributed by atoms with Crippen molar-refractivity contribution < 1.29 is 9.59 Å². The highest BCUT2D eigenvalue weighted by atomic mass is 79.9. The number of halogens is 1. The lowest BCUT2D eigenvalue weighted by Crippen LogP contribution is -2.44. The Morgan fingerprint density at radius 2 is 1.86 bits per heavy atom. The van der Waals surface area contributed by atoms with Gasteiger partial charge in [-0.25, -0.2) is 0 Å². The molecule has 1 aliphatic heterocycles. The maximum atomic E-state index is 12.4. The molecule has 4 nitrogen and oxygen atoms in total. The number of rotatable bonds is 4. The summed E-state index contributed by atoms with van der Waals surface area (Å²) in [6.07, 6.45) is 1.35. The molecule has 1 fully saturated rings. The van der Waals surface area contributed by atoms with Crippen molar-refractivity contribution in [1.82, 2.24) is 4.90 Å². The van der Waals surface area contributed by atoms with Gasteiger partial charge in [0.05, 0.1) is 5.25 Å². The van der Waals surface area contributed by atoms with Gasteiger partial charge >= 0.3 is 0 Å². The van der Waals surface area contributed by atoms with Crippen LogP contribution >= 0.6 is 27.7 Å². The van der Waals surface area contributed by atoms with E-state index in [-0.39, 0.29) is 23.0 Å². The molecule has 0 bridgehead atoms. The fourth-order valence-electron chi connectivity index (χ4n) is 2.41. The normalized spacial score (nSPS) is 17.5. The largest absolute Gasteiger partial charge is 0.369 e. The number of benzene rings is 1.